The molecule has 8 heteroatoms. The van der Waals surface area contributed by atoms with Gasteiger partial charge in [-0.2, -0.15) is 0 Å². The van der Waals surface area contributed by atoms with Crippen LogP contribution >= 0.6 is 0 Å². The predicted molar refractivity (Wildman–Crippen MR) is 249 cm³/mol. The van der Waals surface area contributed by atoms with E-state index in [1.165, 1.54) is 11.1 Å². The zero-order valence-electron chi connectivity index (χ0n) is 36.7. The number of rotatable bonds is 9. The molecule has 8 N–H and O–H groups in total. The number of nitrogens with two attached hydrogens (primary N) is 2. The second-order valence-electron chi connectivity index (χ2n) is 11.7. The summed E-state index contributed by atoms with van der Waals surface area (Å²) in [7, 11) is 1.96. The van der Waals surface area contributed by atoms with Crippen molar-refractivity contribution in [2.24, 2.45) is 11.5 Å². The van der Waals surface area contributed by atoms with Crippen molar-refractivity contribution < 1.29 is 0 Å². The summed E-state index contributed by atoms with van der Waals surface area (Å²) in [5.41, 5.74) is 17.9. The van der Waals surface area contributed by atoms with Crippen LogP contribution in [0.4, 0.5) is 0 Å². The molecule has 3 aliphatic rings. The van der Waals surface area contributed by atoms with Crippen LogP contribution in [0.3, 0.4) is 0 Å². The van der Waals surface area contributed by atoms with Gasteiger partial charge >= 0.3 is 0 Å². The van der Waals surface area contributed by atoms with Gasteiger partial charge in [-0.3, -0.25) is 21.6 Å². The highest BCUT2D eigenvalue weighted by Crippen LogP contribution is 2.20. The summed E-state index contributed by atoms with van der Waals surface area (Å²) in [5, 5.41) is 30.1. The van der Waals surface area contributed by atoms with Gasteiger partial charge in [0.1, 0.15) is 0 Å². The number of allylic oxidation sites excluding steroid dienone is 13. The van der Waals surface area contributed by atoms with E-state index in [0.717, 1.165) is 80.8 Å². The zero-order valence-corrected chi connectivity index (χ0v) is 36.7. The van der Waals surface area contributed by atoms with Crippen LogP contribution < -0.4 is 11.5 Å². The molecule has 0 unspecified atom stereocenters. The van der Waals surface area contributed by atoms with Crippen LogP contribution in [0.25, 0.3) is 0 Å². The molecule has 0 aromatic carbocycles. The monoisotopic (exact) mass is 755 g/mol. The summed E-state index contributed by atoms with van der Waals surface area (Å²) in [4.78, 5) is 4.30. The molecule has 1 heterocycles. The maximum atomic E-state index is 7.63. The first kappa shape index (κ1) is 56.6. The summed E-state index contributed by atoms with van der Waals surface area (Å²) >= 11 is 0. The normalized spacial score (nSPS) is 15.1. The van der Waals surface area contributed by atoms with E-state index in [0.29, 0.717) is 11.4 Å². The largest absolute Gasteiger partial charge is 0.405 e. The van der Waals surface area contributed by atoms with Crippen molar-refractivity contribution in [2.75, 3.05) is 26.7 Å². The van der Waals surface area contributed by atoms with Crippen molar-refractivity contribution in [1.29, 1.82) is 21.6 Å². The summed E-state index contributed by atoms with van der Waals surface area (Å²) in [5.74, 6) is 2.71. The molecule has 0 aromatic heterocycles. The van der Waals surface area contributed by atoms with E-state index in [2.05, 4.69) is 50.3 Å². The highest BCUT2D eigenvalue weighted by Gasteiger charge is 2.17. The predicted octanol–water partition coefficient (Wildman–Crippen LogP) is 11.6. The van der Waals surface area contributed by atoms with Gasteiger partial charge in [-0.15, -0.1) is 6.42 Å². The Balaban J connectivity index is -0.000000314. The molecule has 0 saturated carbocycles. The maximum absolute atomic E-state index is 7.63. The Bertz CT molecular complexity index is 1440. The van der Waals surface area contributed by atoms with Crippen LogP contribution in [-0.4, -0.2) is 59.3 Å². The Morgan fingerprint density at radius 1 is 0.836 bits per heavy atom. The summed E-state index contributed by atoms with van der Waals surface area (Å²) in [6.07, 6.45) is 35.7. The van der Waals surface area contributed by atoms with Crippen molar-refractivity contribution >= 4 is 22.8 Å². The van der Waals surface area contributed by atoms with Gasteiger partial charge in [0.2, 0.25) is 0 Å². The van der Waals surface area contributed by atoms with Gasteiger partial charge in [0, 0.05) is 49.3 Å². The number of hydrogen-bond donors (Lipinski definition) is 6. The number of nitrogens with one attached hydrogen (secondary N) is 4. The van der Waals surface area contributed by atoms with E-state index < -0.39 is 0 Å². The number of likely N-dealkylation sites (tertiary alicyclic amines) is 1. The minimum absolute atomic E-state index is 0.244. The molecule has 3 rings (SSSR count). The molecule has 0 radical (unpaired) electrons. The third-order valence-electron chi connectivity index (χ3n) is 7.44. The third kappa shape index (κ3) is 28.9. The van der Waals surface area contributed by atoms with Crippen LogP contribution in [0.1, 0.15) is 115 Å². The molecule has 0 aromatic rings. The lowest BCUT2D eigenvalue weighted by Gasteiger charge is -2.31. The lowest BCUT2D eigenvalue weighted by Crippen LogP contribution is -2.31. The van der Waals surface area contributed by atoms with Crippen LogP contribution in [0.15, 0.2) is 120 Å². The fraction of sp³-hybridized carbons (Fsp3) is 0.447. The number of likely N-dealkylation sites (N-methyl/N-ethyl adjacent to an activating group) is 1. The second-order valence-corrected chi connectivity index (χ2v) is 11.7. The van der Waals surface area contributed by atoms with Crippen LogP contribution in [0.2, 0.25) is 0 Å². The van der Waals surface area contributed by atoms with Gasteiger partial charge in [0.05, 0.1) is 22.8 Å². The number of nitrogens with zero attached hydrogens (tertiary/aromatic N) is 2. The topological polar surface area (TPSA) is 154 Å². The van der Waals surface area contributed by atoms with E-state index in [1.807, 2.05) is 104 Å². The standard InChI is InChI=1S/C15H19N3.C12H15N3.C7H13N.C5H10.C4H9N.2C2H6/c1-5-12(6-2)11(3)10-18(4)13-7-8-14(16)15(17)9-13;1-9-4-6-15(7-5-9)10-2-3-11(13)12(14)8-10;1-3-5-7(8)6-4-2;1-3-5-4-2;1-2-3-4-5;2*1-2/h1,7-9,16-17H,6,10H2,2-4H3;2-3,8,13-14H,1,4-7H2;3,5-6H,4,8H2,1-2H3;3,5H,4H2,1-2H3;3-4H,2,5H2,1H3;2*1-2H3/b12-11-,16-14?,17-15?;;5-3-,7-6+;5-3-;4-3+;;. The average molecular weight is 755 g/mol. The van der Waals surface area contributed by atoms with E-state index in [-0.39, 0.29) is 11.4 Å². The highest BCUT2D eigenvalue weighted by molar-refractivity contribution is 6.49. The van der Waals surface area contributed by atoms with Crippen molar-refractivity contribution in [1.82, 2.24) is 9.80 Å². The van der Waals surface area contributed by atoms with Crippen molar-refractivity contribution in [3.63, 3.8) is 0 Å². The fourth-order valence-corrected chi connectivity index (χ4v) is 4.52. The van der Waals surface area contributed by atoms with E-state index in [4.69, 9.17) is 39.5 Å². The molecule has 0 amide bonds. The molecule has 1 saturated heterocycles. The SMILES string of the molecule is C#C/C(CC)=C(\C)CN(C)C1=CC(=N)C(=N)C=C1.C/C=C\C(N)=C/CC.C/C=C\CC.C=C1CCN(C2=CC(=N)C(=N)C=C2)CC1.CC.CC.CC/C=C/N. The van der Waals surface area contributed by atoms with Crippen molar-refractivity contribution in [3.8, 4) is 12.3 Å². The molecule has 8 nitrogen and oxygen atoms in total. The minimum Gasteiger partial charge on any atom is -0.405 e. The van der Waals surface area contributed by atoms with Crippen molar-refractivity contribution in [2.45, 2.75) is 115 Å². The quantitative estimate of drug-likeness (QED) is 0.0600. The first-order valence-corrected chi connectivity index (χ1v) is 19.8. The molecular formula is C47H78N8. The Morgan fingerprint density at radius 2 is 1.36 bits per heavy atom. The smallest absolute Gasteiger partial charge is 0.0809 e. The van der Waals surface area contributed by atoms with E-state index in [1.54, 1.807) is 30.5 Å². The summed E-state index contributed by atoms with van der Waals surface area (Å²) in [6, 6.07) is 0. The summed E-state index contributed by atoms with van der Waals surface area (Å²) in [6.45, 7) is 29.0. The fourth-order valence-electron chi connectivity index (χ4n) is 4.52. The van der Waals surface area contributed by atoms with Gasteiger partial charge in [0.15, 0.2) is 0 Å². The average Bonchev–Trinajstić information content (AvgIpc) is 3.18. The first-order chi connectivity index (χ1) is 26.3. The van der Waals surface area contributed by atoms with Gasteiger partial charge in [-0.1, -0.05) is 104 Å². The van der Waals surface area contributed by atoms with Crippen LogP contribution in [0, 0.1) is 34.0 Å². The Hall–Kier alpha value is -5.16. The summed E-state index contributed by atoms with van der Waals surface area (Å²) < 4.78 is 0. The van der Waals surface area contributed by atoms with Crippen LogP contribution in [0.5, 0.6) is 0 Å². The molecule has 2 aliphatic carbocycles. The molecule has 0 spiro atoms. The maximum Gasteiger partial charge on any atom is 0.0809 e. The van der Waals surface area contributed by atoms with Crippen molar-refractivity contribution in [3.05, 3.63) is 120 Å². The Kier molecular flexibility index (Phi) is 39.7. The lowest BCUT2D eigenvalue weighted by atomic mass is 10.0. The van der Waals surface area contributed by atoms with Crippen LogP contribution in [-0.2, 0) is 0 Å². The highest BCUT2D eigenvalue weighted by atomic mass is 15.1. The Morgan fingerprint density at radius 3 is 1.73 bits per heavy atom. The van der Waals surface area contributed by atoms with Gasteiger partial charge in [-0.05, 0) is 114 Å². The van der Waals surface area contributed by atoms with Gasteiger partial charge in [-0.25, -0.2) is 0 Å². The number of hydrogen-bond acceptors (Lipinski definition) is 8. The minimum atomic E-state index is 0.244. The van der Waals surface area contributed by atoms with E-state index in [9.17, 15) is 0 Å². The third-order valence-corrected chi connectivity index (χ3v) is 7.44. The first-order valence-electron chi connectivity index (χ1n) is 19.8. The lowest BCUT2D eigenvalue weighted by molar-refractivity contribution is 0.331. The molecule has 1 fully saturated rings. The molecular weight excluding hydrogens is 677 g/mol. The van der Waals surface area contributed by atoms with Gasteiger partial charge < -0.3 is 21.3 Å². The zero-order chi connectivity index (χ0) is 43.2. The van der Waals surface area contributed by atoms with Gasteiger partial charge in [0.25, 0.3) is 0 Å². The Labute approximate surface area is 338 Å². The molecule has 55 heavy (non-hydrogen) atoms. The molecule has 0 bridgehead atoms. The molecule has 306 valence electrons. The molecule has 0 atom stereocenters. The number of terminal acetylenes is 1. The second kappa shape index (κ2) is 38.6. The van der Waals surface area contributed by atoms with E-state index >= 15 is 0 Å². The number of piperidine rings is 1. The molecule has 1 aliphatic heterocycles.